The van der Waals surface area contributed by atoms with Crippen molar-refractivity contribution in [2.75, 3.05) is 19.1 Å². The minimum Gasteiger partial charge on any atom is -0.364 e. The normalized spacial score (nSPS) is 12.0. The van der Waals surface area contributed by atoms with Crippen molar-refractivity contribution in [3.8, 4) is 0 Å². The van der Waals surface area contributed by atoms with E-state index >= 15 is 0 Å². The number of hydrogen-bond donors (Lipinski definition) is 4. The van der Waals surface area contributed by atoms with Crippen molar-refractivity contribution in [1.82, 2.24) is 21.5 Å². The third-order valence-electron chi connectivity index (χ3n) is 3.23. The van der Waals surface area contributed by atoms with Crippen molar-refractivity contribution in [1.29, 1.82) is 0 Å². The molecule has 1 atom stereocenters. The Balaban J connectivity index is 2.78. The van der Waals surface area contributed by atoms with E-state index < -0.39 is 29.6 Å². The first-order chi connectivity index (χ1) is 12.2. The highest BCUT2D eigenvalue weighted by atomic mass is 32.2. The molecule has 0 saturated carbocycles. The quantitative estimate of drug-likeness (QED) is 0.424. The molecule has 6 nitrogen and oxygen atoms in total. The van der Waals surface area contributed by atoms with Crippen LogP contribution >= 0.6 is 24.0 Å². The SMILES string of the molecule is CNC(=S)NNC(=O)[C@H](CCSC)NC(=O)c1ccc(C(F)(F)F)cc1. The van der Waals surface area contributed by atoms with Gasteiger partial charge < -0.3 is 10.6 Å². The number of carbonyl (C=O) groups excluding carboxylic acids is 2. The Labute approximate surface area is 158 Å². The minimum absolute atomic E-state index is 0.0265. The Morgan fingerprint density at radius 2 is 1.81 bits per heavy atom. The lowest BCUT2D eigenvalue weighted by Gasteiger charge is -2.19. The monoisotopic (exact) mass is 408 g/mol. The van der Waals surface area contributed by atoms with Crippen molar-refractivity contribution in [2.45, 2.75) is 18.6 Å². The largest absolute Gasteiger partial charge is 0.416 e. The fourth-order valence-corrected chi connectivity index (χ4v) is 2.35. The second kappa shape index (κ2) is 10.2. The van der Waals surface area contributed by atoms with E-state index in [4.69, 9.17) is 12.2 Å². The molecule has 0 aromatic heterocycles. The van der Waals surface area contributed by atoms with Gasteiger partial charge in [-0.15, -0.1) is 0 Å². The molecule has 26 heavy (non-hydrogen) atoms. The van der Waals surface area contributed by atoms with Crippen LogP contribution < -0.4 is 21.5 Å². The lowest BCUT2D eigenvalue weighted by Crippen LogP contribution is -2.54. The van der Waals surface area contributed by atoms with Crippen LogP contribution in [0.3, 0.4) is 0 Å². The van der Waals surface area contributed by atoms with E-state index in [0.29, 0.717) is 12.2 Å². The number of hydrogen-bond acceptors (Lipinski definition) is 4. The molecule has 4 N–H and O–H groups in total. The van der Waals surface area contributed by atoms with Gasteiger partial charge in [-0.25, -0.2) is 0 Å². The molecule has 0 fully saturated rings. The number of halogens is 3. The smallest absolute Gasteiger partial charge is 0.364 e. The van der Waals surface area contributed by atoms with Crippen LogP contribution in [0.15, 0.2) is 24.3 Å². The minimum atomic E-state index is -4.48. The number of thiocarbonyl (C=S) groups is 1. The maximum absolute atomic E-state index is 12.6. The molecule has 0 saturated heterocycles. The van der Waals surface area contributed by atoms with Crippen LogP contribution in [0.25, 0.3) is 0 Å². The Morgan fingerprint density at radius 3 is 2.31 bits per heavy atom. The van der Waals surface area contributed by atoms with E-state index in [2.05, 4.69) is 21.5 Å². The highest BCUT2D eigenvalue weighted by Crippen LogP contribution is 2.29. The summed E-state index contributed by atoms with van der Waals surface area (Å²) in [4.78, 5) is 24.4. The lowest BCUT2D eigenvalue weighted by atomic mass is 10.1. The zero-order valence-corrected chi connectivity index (χ0v) is 15.7. The fraction of sp³-hybridized carbons (Fsp3) is 0.400. The molecule has 0 unspecified atom stereocenters. The first-order valence-corrected chi connectivity index (χ1v) is 9.24. The first-order valence-electron chi connectivity index (χ1n) is 7.43. The highest BCUT2D eigenvalue weighted by Gasteiger charge is 2.30. The molecule has 1 rings (SSSR count). The number of rotatable bonds is 6. The van der Waals surface area contributed by atoms with Crippen LogP contribution in [0.2, 0.25) is 0 Å². The van der Waals surface area contributed by atoms with Gasteiger partial charge in [0.1, 0.15) is 6.04 Å². The second-order valence-electron chi connectivity index (χ2n) is 5.08. The molecule has 0 radical (unpaired) electrons. The molecule has 0 aliphatic carbocycles. The van der Waals surface area contributed by atoms with Gasteiger partial charge in [0.2, 0.25) is 0 Å². The van der Waals surface area contributed by atoms with Crippen LogP contribution in [0.4, 0.5) is 13.2 Å². The predicted octanol–water partition coefficient (Wildman–Crippen LogP) is 1.68. The van der Waals surface area contributed by atoms with Crippen molar-refractivity contribution in [2.24, 2.45) is 0 Å². The number of amides is 2. The molecule has 0 bridgehead atoms. The van der Waals surface area contributed by atoms with Gasteiger partial charge in [-0.2, -0.15) is 24.9 Å². The number of thioether (sulfide) groups is 1. The number of benzene rings is 1. The molecule has 11 heteroatoms. The maximum atomic E-state index is 12.6. The zero-order chi connectivity index (χ0) is 19.7. The van der Waals surface area contributed by atoms with E-state index in [0.717, 1.165) is 24.3 Å². The van der Waals surface area contributed by atoms with Crippen molar-refractivity contribution < 1.29 is 22.8 Å². The van der Waals surface area contributed by atoms with Crippen molar-refractivity contribution in [3.05, 3.63) is 35.4 Å². The van der Waals surface area contributed by atoms with Gasteiger partial charge in [-0.05, 0) is 54.9 Å². The van der Waals surface area contributed by atoms with Gasteiger partial charge in [0.15, 0.2) is 5.11 Å². The number of alkyl halides is 3. The molecule has 144 valence electrons. The van der Waals surface area contributed by atoms with E-state index in [-0.39, 0.29) is 10.7 Å². The molecular formula is C15H19F3N4O2S2. The summed E-state index contributed by atoms with van der Waals surface area (Å²) >= 11 is 6.32. The topological polar surface area (TPSA) is 82.3 Å². The molecule has 0 heterocycles. The molecule has 2 amide bonds. The zero-order valence-electron chi connectivity index (χ0n) is 14.1. The van der Waals surface area contributed by atoms with Gasteiger partial charge >= 0.3 is 6.18 Å². The highest BCUT2D eigenvalue weighted by molar-refractivity contribution is 7.98. The summed E-state index contributed by atoms with van der Waals surface area (Å²) in [7, 11) is 1.57. The van der Waals surface area contributed by atoms with Crippen LogP contribution in [-0.4, -0.2) is 42.0 Å². The molecule has 0 aliphatic heterocycles. The second-order valence-corrected chi connectivity index (χ2v) is 6.47. The number of nitrogens with one attached hydrogen (secondary N) is 4. The number of carbonyl (C=O) groups is 2. The van der Waals surface area contributed by atoms with Crippen molar-refractivity contribution in [3.63, 3.8) is 0 Å². The van der Waals surface area contributed by atoms with E-state index in [1.165, 1.54) is 11.8 Å². The molecular weight excluding hydrogens is 389 g/mol. The Morgan fingerprint density at radius 1 is 1.19 bits per heavy atom. The van der Waals surface area contributed by atoms with Gasteiger partial charge in [-0.3, -0.25) is 20.4 Å². The molecule has 0 spiro atoms. The molecule has 1 aromatic carbocycles. The number of hydrazine groups is 1. The summed E-state index contributed by atoms with van der Waals surface area (Å²) < 4.78 is 37.7. The first kappa shape index (κ1) is 22.0. The Bertz CT molecular complexity index is 639. The molecule has 0 aliphatic rings. The van der Waals surface area contributed by atoms with Crippen LogP contribution in [0.1, 0.15) is 22.3 Å². The summed E-state index contributed by atoms with van der Waals surface area (Å²) in [6.45, 7) is 0. The summed E-state index contributed by atoms with van der Waals surface area (Å²) in [5.74, 6) is -0.560. The Kier molecular flexibility index (Phi) is 8.66. The standard InChI is InChI=1S/C15H19F3N4O2S2/c1-19-14(25)22-21-13(24)11(7-8-26-2)20-12(23)9-3-5-10(6-4-9)15(16,17)18/h3-6,11H,7-8H2,1-2H3,(H,20,23)(H,21,24)(H2,19,22,25)/t11-/m0/s1. The third kappa shape index (κ3) is 7.08. The summed E-state index contributed by atoms with van der Waals surface area (Å²) in [5.41, 5.74) is 4.00. The maximum Gasteiger partial charge on any atom is 0.416 e. The van der Waals surface area contributed by atoms with Gasteiger partial charge in [0.25, 0.3) is 11.8 Å². The Hall–Kier alpha value is -2.01. The van der Waals surface area contributed by atoms with Gasteiger partial charge in [-0.1, -0.05) is 0 Å². The van der Waals surface area contributed by atoms with Crippen LogP contribution in [0.5, 0.6) is 0 Å². The fourth-order valence-electron chi connectivity index (χ4n) is 1.82. The van der Waals surface area contributed by atoms with Gasteiger partial charge in [0.05, 0.1) is 5.56 Å². The van der Waals surface area contributed by atoms with Crippen LogP contribution in [-0.2, 0) is 11.0 Å². The van der Waals surface area contributed by atoms with Crippen molar-refractivity contribution >= 4 is 40.9 Å². The average Bonchev–Trinajstić information content (AvgIpc) is 2.61. The third-order valence-corrected chi connectivity index (χ3v) is 4.18. The summed E-state index contributed by atoms with van der Waals surface area (Å²) in [5, 5.41) is 5.32. The summed E-state index contributed by atoms with van der Waals surface area (Å²) in [6, 6.07) is 2.90. The predicted molar refractivity (Wildman–Crippen MR) is 98.6 cm³/mol. The van der Waals surface area contributed by atoms with E-state index in [1.54, 1.807) is 7.05 Å². The van der Waals surface area contributed by atoms with Gasteiger partial charge in [0, 0.05) is 12.6 Å². The van der Waals surface area contributed by atoms with Crippen LogP contribution in [0, 0.1) is 0 Å². The van der Waals surface area contributed by atoms with E-state index in [9.17, 15) is 22.8 Å². The molecule has 1 aromatic rings. The van der Waals surface area contributed by atoms with E-state index in [1.807, 2.05) is 6.26 Å². The lowest BCUT2D eigenvalue weighted by molar-refractivity contribution is -0.137. The summed E-state index contributed by atoms with van der Waals surface area (Å²) in [6.07, 6.45) is -2.29. The average molecular weight is 408 g/mol.